The van der Waals surface area contributed by atoms with E-state index in [0.29, 0.717) is 51.4 Å². The molecule has 6 rings (SSSR count). The van der Waals surface area contributed by atoms with Gasteiger partial charge in [-0.25, -0.2) is 34.6 Å². The van der Waals surface area contributed by atoms with Gasteiger partial charge >= 0.3 is 0 Å². The van der Waals surface area contributed by atoms with Gasteiger partial charge in [0.1, 0.15) is 23.5 Å². The summed E-state index contributed by atoms with van der Waals surface area (Å²) in [5.41, 5.74) is 8.60. The number of aryl methyl sites for hydroxylation is 2. The van der Waals surface area contributed by atoms with Crippen molar-refractivity contribution < 1.29 is 0 Å². The number of nitrogen functional groups attached to an aromatic ring is 1. The number of fused-ring (bicyclic) bond motifs is 3. The molecule has 0 aromatic carbocycles. The number of nitrogens with one attached hydrogen (secondary N) is 2. The molecular weight excluding hydrogens is 540 g/mol. The molecule has 6 heterocycles. The summed E-state index contributed by atoms with van der Waals surface area (Å²) < 4.78 is 5.49. The quantitative estimate of drug-likeness (QED) is 0.278. The molecule has 6 aromatic heterocycles. The third-order valence-corrected chi connectivity index (χ3v) is 5.99. The number of nitrogens with zero attached hydrogens (tertiary/aromatic N) is 11. The molecule has 0 aliphatic carbocycles. The number of aromatic nitrogens is 13. The molecule has 0 aliphatic heterocycles. The fourth-order valence-electron chi connectivity index (χ4n) is 3.96. The lowest BCUT2D eigenvalue weighted by Crippen LogP contribution is -2.11. The molecule has 0 unspecified atom stereocenters. The number of hydrogen-bond donors (Lipinski definition) is 3. The normalized spacial score (nSPS) is 11.1. The lowest BCUT2D eigenvalue weighted by atomic mass is 10.4. The van der Waals surface area contributed by atoms with Crippen molar-refractivity contribution in [1.29, 1.82) is 0 Å². The van der Waals surface area contributed by atoms with Crippen molar-refractivity contribution in [1.82, 2.24) is 64.0 Å². The second-order valence-electron chi connectivity index (χ2n) is 10.2. The molecular formula is C26H38N14O2. The van der Waals surface area contributed by atoms with Crippen molar-refractivity contribution in [3.63, 3.8) is 0 Å². The average Bonchev–Trinajstić information content (AvgIpc) is 3.62. The van der Waals surface area contributed by atoms with Crippen LogP contribution in [-0.2, 0) is 0 Å². The summed E-state index contributed by atoms with van der Waals surface area (Å²) in [5, 5.41) is 7.67. The summed E-state index contributed by atoms with van der Waals surface area (Å²) >= 11 is 0. The standard InChI is InChI=1S/C9H12N4O.C8H11N5O.C8H11N5.CH4/c1-5(2)13-4-10-7-8(13)11-6(3)12-9(7)14;1-4(2)13-7-6(11-12-13)8(14)10-5(3)9-7;1-5(2)13-4-12-6-7(9)10-3-11-8(6)13;/h4-5H,1-3H3,(H,11,12,14);4H,1-3H3,(H,9,10,14);3-5H,1-2H3,(H2,9,10,11);1H4. The number of anilines is 1. The Kier molecular flexibility index (Phi) is 9.49. The fraction of sp³-hybridized carbons (Fsp3) is 0.462. The first-order valence-corrected chi connectivity index (χ1v) is 13.1. The van der Waals surface area contributed by atoms with Crippen LogP contribution in [0.15, 0.2) is 28.6 Å². The summed E-state index contributed by atoms with van der Waals surface area (Å²) in [6, 6.07) is 0.738. The van der Waals surface area contributed by atoms with E-state index < -0.39 is 0 Å². The van der Waals surface area contributed by atoms with Crippen LogP contribution in [0, 0.1) is 13.8 Å². The van der Waals surface area contributed by atoms with Crippen LogP contribution in [0.2, 0.25) is 0 Å². The Morgan fingerprint density at radius 2 is 1.21 bits per heavy atom. The maximum Gasteiger partial charge on any atom is 0.281 e. The lowest BCUT2D eigenvalue weighted by Gasteiger charge is -2.06. The highest BCUT2D eigenvalue weighted by Crippen LogP contribution is 2.17. The molecule has 224 valence electrons. The molecule has 0 saturated heterocycles. The van der Waals surface area contributed by atoms with Gasteiger partial charge in [0.25, 0.3) is 11.1 Å². The van der Waals surface area contributed by atoms with Gasteiger partial charge in [0, 0.05) is 12.1 Å². The summed E-state index contributed by atoms with van der Waals surface area (Å²) in [5.74, 6) is 1.63. The molecule has 0 bridgehead atoms. The van der Waals surface area contributed by atoms with Gasteiger partial charge in [-0.2, -0.15) is 0 Å². The number of rotatable bonds is 3. The van der Waals surface area contributed by atoms with Crippen LogP contribution in [0.3, 0.4) is 0 Å². The van der Waals surface area contributed by atoms with Gasteiger partial charge < -0.3 is 24.8 Å². The summed E-state index contributed by atoms with van der Waals surface area (Å²) in [6.07, 6.45) is 4.84. The van der Waals surface area contributed by atoms with Gasteiger partial charge in [-0.15, -0.1) is 5.10 Å². The Balaban J connectivity index is 0.000000171. The molecule has 42 heavy (non-hydrogen) atoms. The van der Waals surface area contributed by atoms with Gasteiger partial charge in [-0.05, 0) is 55.4 Å². The first-order valence-electron chi connectivity index (χ1n) is 13.1. The molecule has 0 atom stereocenters. The predicted octanol–water partition coefficient (Wildman–Crippen LogP) is 3.04. The van der Waals surface area contributed by atoms with Crippen LogP contribution in [0.4, 0.5) is 5.82 Å². The first-order chi connectivity index (χ1) is 19.4. The number of nitrogens with two attached hydrogens (primary N) is 1. The Bertz CT molecular complexity index is 1820. The lowest BCUT2D eigenvalue weighted by molar-refractivity contribution is 0.526. The molecule has 6 aromatic rings. The van der Waals surface area contributed by atoms with Crippen LogP contribution in [-0.4, -0.2) is 64.0 Å². The molecule has 16 heteroatoms. The highest BCUT2D eigenvalue weighted by molar-refractivity contribution is 5.81. The van der Waals surface area contributed by atoms with Crippen molar-refractivity contribution in [3.05, 3.63) is 51.3 Å². The summed E-state index contributed by atoms with van der Waals surface area (Å²) in [4.78, 5) is 52.7. The summed E-state index contributed by atoms with van der Waals surface area (Å²) in [6.45, 7) is 15.6. The fourth-order valence-corrected chi connectivity index (χ4v) is 3.96. The number of hydrogen-bond acceptors (Lipinski definition) is 11. The molecule has 4 N–H and O–H groups in total. The number of imidazole rings is 2. The van der Waals surface area contributed by atoms with E-state index in [0.717, 1.165) is 5.65 Å². The largest absolute Gasteiger partial charge is 0.382 e. The Morgan fingerprint density at radius 1 is 0.690 bits per heavy atom. The molecule has 0 fully saturated rings. The van der Waals surface area contributed by atoms with Crippen LogP contribution in [0.25, 0.3) is 33.5 Å². The zero-order chi connectivity index (χ0) is 30.0. The van der Waals surface area contributed by atoms with E-state index in [2.05, 4.69) is 64.0 Å². The maximum absolute atomic E-state index is 11.5. The van der Waals surface area contributed by atoms with E-state index in [9.17, 15) is 9.59 Å². The van der Waals surface area contributed by atoms with Crippen molar-refractivity contribution in [2.45, 2.75) is 80.9 Å². The predicted molar refractivity (Wildman–Crippen MR) is 161 cm³/mol. The van der Waals surface area contributed by atoms with Crippen molar-refractivity contribution >= 4 is 39.3 Å². The minimum absolute atomic E-state index is 0. The van der Waals surface area contributed by atoms with E-state index >= 15 is 0 Å². The van der Waals surface area contributed by atoms with E-state index in [1.165, 1.54) is 6.33 Å². The SMILES string of the molecule is C.CC(C)n1cnc2c(N)ncnc21.Cc1nc2c(ncn2C(C)C)c(=O)[nH]1.Cc1nc2c(nnn2C(C)C)c(=O)[nH]1. The van der Waals surface area contributed by atoms with Crippen LogP contribution >= 0.6 is 0 Å². The van der Waals surface area contributed by atoms with Crippen LogP contribution < -0.4 is 16.9 Å². The van der Waals surface area contributed by atoms with E-state index in [1.54, 1.807) is 31.2 Å². The van der Waals surface area contributed by atoms with Gasteiger partial charge in [0.15, 0.2) is 33.8 Å². The van der Waals surface area contributed by atoms with Gasteiger partial charge in [0.2, 0.25) is 0 Å². The minimum Gasteiger partial charge on any atom is -0.382 e. The second kappa shape index (κ2) is 12.7. The smallest absolute Gasteiger partial charge is 0.281 e. The van der Waals surface area contributed by atoms with E-state index in [-0.39, 0.29) is 30.6 Å². The van der Waals surface area contributed by atoms with Crippen molar-refractivity contribution in [2.24, 2.45) is 0 Å². The molecule has 16 nitrogen and oxygen atoms in total. The maximum atomic E-state index is 11.5. The van der Waals surface area contributed by atoms with Crippen LogP contribution in [0.5, 0.6) is 0 Å². The molecule has 0 amide bonds. The topological polar surface area (TPSA) is 210 Å². The van der Waals surface area contributed by atoms with E-state index in [4.69, 9.17) is 5.73 Å². The Labute approximate surface area is 241 Å². The minimum atomic E-state index is -0.237. The number of aromatic amines is 2. The van der Waals surface area contributed by atoms with Crippen LogP contribution in [0.1, 0.15) is 78.7 Å². The van der Waals surface area contributed by atoms with Gasteiger partial charge in [-0.3, -0.25) is 9.59 Å². The highest BCUT2D eigenvalue weighted by atomic mass is 16.1. The van der Waals surface area contributed by atoms with Crippen molar-refractivity contribution in [3.8, 4) is 0 Å². The summed E-state index contributed by atoms with van der Waals surface area (Å²) in [7, 11) is 0. The monoisotopic (exact) mass is 578 g/mol. The zero-order valence-electron chi connectivity index (χ0n) is 24.3. The van der Waals surface area contributed by atoms with Gasteiger partial charge in [0.05, 0.1) is 18.7 Å². The Morgan fingerprint density at radius 3 is 1.79 bits per heavy atom. The molecule has 0 radical (unpaired) electrons. The Hall–Kier alpha value is -5.02. The second-order valence-corrected chi connectivity index (χ2v) is 10.2. The third-order valence-electron chi connectivity index (χ3n) is 5.99. The average molecular weight is 579 g/mol. The first kappa shape index (κ1) is 31.5. The highest BCUT2D eigenvalue weighted by Gasteiger charge is 2.12. The zero-order valence-corrected chi connectivity index (χ0v) is 24.3. The molecule has 0 spiro atoms. The van der Waals surface area contributed by atoms with Gasteiger partial charge in [-0.1, -0.05) is 12.6 Å². The van der Waals surface area contributed by atoms with Crippen molar-refractivity contribution in [2.75, 3.05) is 5.73 Å². The number of H-pyrrole nitrogens is 2. The molecule has 0 aliphatic rings. The van der Waals surface area contributed by atoms with E-state index in [1.807, 2.05) is 36.8 Å². The molecule has 0 saturated carbocycles. The third kappa shape index (κ3) is 6.31.